The van der Waals surface area contributed by atoms with Crippen LogP contribution in [0.2, 0.25) is 0 Å². The lowest BCUT2D eigenvalue weighted by Crippen LogP contribution is -2.39. The van der Waals surface area contributed by atoms with Crippen LogP contribution in [0.25, 0.3) is 0 Å². The van der Waals surface area contributed by atoms with Crippen molar-refractivity contribution >= 4 is 0 Å². The van der Waals surface area contributed by atoms with Gasteiger partial charge in [0.1, 0.15) is 0 Å². The summed E-state index contributed by atoms with van der Waals surface area (Å²) in [4.78, 5) is 2.57. The summed E-state index contributed by atoms with van der Waals surface area (Å²) in [6.07, 6.45) is 2.51. The van der Waals surface area contributed by atoms with Crippen molar-refractivity contribution in [3.8, 4) is 0 Å². The van der Waals surface area contributed by atoms with Crippen LogP contribution >= 0.6 is 0 Å². The van der Waals surface area contributed by atoms with Gasteiger partial charge in [-0.25, -0.2) is 0 Å². The summed E-state index contributed by atoms with van der Waals surface area (Å²) in [6, 6.07) is 6.99. The molecule has 2 rings (SSSR count). The van der Waals surface area contributed by atoms with E-state index >= 15 is 0 Å². The summed E-state index contributed by atoms with van der Waals surface area (Å²) in [5.74, 6) is 0.722. The number of aryl methyl sites for hydroxylation is 1. The Labute approximate surface area is 111 Å². The maximum Gasteiger partial charge on any atom is 0.0236 e. The molecule has 2 heteroatoms. The molecule has 0 aliphatic carbocycles. The van der Waals surface area contributed by atoms with E-state index in [0.717, 1.165) is 12.5 Å². The zero-order valence-electron chi connectivity index (χ0n) is 11.9. The molecule has 1 heterocycles. The highest BCUT2D eigenvalue weighted by Crippen LogP contribution is 2.22. The molecule has 1 aromatic carbocycles. The minimum atomic E-state index is 0.354. The Morgan fingerprint density at radius 1 is 1.28 bits per heavy atom. The van der Waals surface area contributed by atoms with Crippen molar-refractivity contribution in [2.45, 2.75) is 46.2 Å². The van der Waals surface area contributed by atoms with E-state index in [9.17, 15) is 0 Å². The molecule has 0 aromatic heterocycles. The number of benzene rings is 1. The molecule has 1 aliphatic rings. The van der Waals surface area contributed by atoms with Crippen molar-refractivity contribution in [3.63, 3.8) is 0 Å². The Hall–Kier alpha value is -0.860. The second-order valence-corrected chi connectivity index (χ2v) is 5.83. The van der Waals surface area contributed by atoms with Crippen LogP contribution in [0, 0.1) is 19.8 Å². The maximum absolute atomic E-state index is 5.99. The second-order valence-electron chi connectivity index (χ2n) is 5.83. The van der Waals surface area contributed by atoms with Gasteiger partial charge in [-0.1, -0.05) is 18.2 Å². The average Bonchev–Trinajstić information content (AvgIpc) is 2.36. The van der Waals surface area contributed by atoms with Crippen LogP contribution in [0.4, 0.5) is 0 Å². The smallest absolute Gasteiger partial charge is 0.0236 e. The summed E-state index contributed by atoms with van der Waals surface area (Å²) in [6.45, 7) is 10.1. The number of rotatable bonds is 3. The van der Waals surface area contributed by atoms with Gasteiger partial charge in [0.15, 0.2) is 0 Å². The van der Waals surface area contributed by atoms with E-state index < -0.39 is 0 Å². The number of likely N-dealkylation sites (tertiary alicyclic amines) is 1. The Bertz CT molecular complexity index is 390. The summed E-state index contributed by atoms with van der Waals surface area (Å²) in [5, 5.41) is 0. The van der Waals surface area contributed by atoms with Crippen LogP contribution in [0.3, 0.4) is 0 Å². The van der Waals surface area contributed by atoms with Crippen molar-refractivity contribution in [1.82, 2.24) is 4.90 Å². The van der Waals surface area contributed by atoms with Crippen molar-refractivity contribution in [1.29, 1.82) is 0 Å². The number of nitrogens with zero attached hydrogens (tertiary/aromatic N) is 1. The van der Waals surface area contributed by atoms with Gasteiger partial charge in [0.05, 0.1) is 0 Å². The predicted octanol–water partition coefficient (Wildman–Crippen LogP) is 2.86. The normalized spacial score (nSPS) is 20.0. The number of nitrogens with two attached hydrogens (primary N) is 1. The third-order valence-corrected chi connectivity index (χ3v) is 4.49. The summed E-state index contributed by atoms with van der Waals surface area (Å²) in [7, 11) is 0. The Morgan fingerprint density at radius 2 is 1.94 bits per heavy atom. The number of piperidine rings is 1. The minimum absolute atomic E-state index is 0.354. The molecule has 1 aromatic rings. The van der Waals surface area contributed by atoms with Crippen LogP contribution in [-0.4, -0.2) is 24.0 Å². The van der Waals surface area contributed by atoms with Gasteiger partial charge < -0.3 is 5.73 Å². The molecular formula is C16H26N2. The fourth-order valence-corrected chi connectivity index (χ4v) is 2.86. The molecule has 2 nitrogen and oxygen atoms in total. The van der Waals surface area contributed by atoms with E-state index in [1.54, 1.807) is 0 Å². The highest BCUT2D eigenvalue weighted by Gasteiger charge is 2.22. The van der Waals surface area contributed by atoms with Gasteiger partial charge in [-0.15, -0.1) is 0 Å². The Balaban J connectivity index is 1.94. The van der Waals surface area contributed by atoms with Gasteiger partial charge in [0, 0.05) is 12.6 Å². The lowest BCUT2D eigenvalue weighted by molar-refractivity contribution is 0.165. The Morgan fingerprint density at radius 3 is 2.56 bits per heavy atom. The first-order valence-electron chi connectivity index (χ1n) is 7.11. The first kappa shape index (κ1) is 13.6. The largest absolute Gasteiger partial charge is 0.328 e. The lowest BCUT2D eigenvalue weighted by Gasteiger charge is -2.34. The first-order valence-corrected chi connectivity index (χ1v) is 7.11. The van der Waals surface area contributed by atoms with Crippen molar-refractivity contribution in [3.05, 3.63) is 34.9 Å². The van der Waals surface area contributed by atoms with Crippen molar-refractivity contribution < 1.29 is 0 Å². The third-order valence-electron chi connectivity index (χ3n) is 4.49. The molecule has 2 N–H and O–H groups in total. The summed E-state index contributed by atoms with van der Waals surface area (Å²) >= 11 is 0. The monoisotopic (exact) mass is 246 g/mol. The molecule has 1 aliphatic heterocycles. The van der Waals surface area contributed by atoms with Gasteiger partial charge in [-0.3, -0.25) is 4.90 Å². The van der Waals surface area contributed by atoms with Crippen LogP contribution in [-0.2, 0) is 6.54 Å². The maximum atomic E-state index is 5.99. The fourth-order valence-electron chi connectivity index (χ4n) is 2.86. The highest BCUT2D eigenvalue weighted by molar-refractivity contribution is 5.33. The van der Waals surface area contributed by atoms with Gasteiger partial charge >= 0.3 is 0 Å². The Kier molecular flexibility index (Phi) is 4.41. The molecule has 0 radical (unpaired) electrons. The van der Waals surface area contributed by atoms with Crippen molar-refractivity contribution in [2.75, 3.05) is 13.1 Å². The molecule has 18 heavy (non-hydrogen) atoms. The predicted molar refractivity (Wildman–Crippen MR) is 77.6 cm³/mol. The fraction of sp³-hybridized carbons (Fsp3) is 0.625. The highest BCUT2D eigenvalue weighted by atomic mass is 15.1. The molecule has 0 spiro atoms. The molecule has 100 valence electrons. The van der Waals surface area contributed by atoms with Crippen LogP contribution < -0.4 is 5.73 Å². The average molecular weight is 246 g/mol. The topological polar surface area (TPSA) is 29.3 Å². The second kappa shape index (κ2) is 5.85. The third kappa shape index (κ3) is 3.12. The zero-order chi connectivity index (χ0) is 13.1. The van der Waals surface area contributed by atoms with E-state index in [1.807, 2.05) is 0 Å². The SMILES string of the molecule is Cc1cccc(CN2CCC(C(C)N)CC2)c1C. The standard InChI is InChI=1S/C16H26N2/c1-12-5-4-6-16(13(12)2)11-18-9-7-15(8-10-18)14(3)17/h4-6,14-15H,7-11,17H2,1-3H3. The molecular weight excluding hydrogens is 220 g/mol. The molecule has 1 saturated heterocycles. The van der Waals surface area contributed by atoms with Gasteiger partial charge in [-0.2, -0.15) is 0 Å². The lowest BCUT2D eigenvalue weighted by atomic mass is 9.90. The van der Waals surface area contributed by atoms with E-state index in [4.69, 9.17) is 5.73 Å². The minimum Gasteiger partial charge on any atom is -0.328 e. The van der Waals surface area contributed by atoms with Crippen LogP contribution in [0.5, 0.6) is 0 Å². The van der Waals surface area contributed by atoms with Crippen LogP contribution in [0.15, 0.2) is 18.2 Å². The molecule has 1 atom stereocenters. The molecule has 0 bridgehead atoms. The van der Waals surface area contributed by atoms with Crippen LogP contribution in [0.1, 0.15) is 36.5 Å². The van der Waals surface area contributed by atoms with E-state index in [2.05, 4.69) is 43.9 Å². The zero-order valence-corrected chi connectivity index (χ0v) is 11.9. The molecule has 1 unspecified atom stereocenters. The first-order chi connectivity index (χ1) is 8.58. The number of hydrogen-bond acceptors (Lipinski definition) is 2. The molecule has 1 fully saturated rings. The van der Waals surface area contributed by atoms with E-state index in [-0.39, 0.29) is 0 Å². The van der Waals surface area contributed by atoms with Gasteiger partial charge in [0.25, 0.3) is 0 Å². The molecule has 0 saturated carbocycles. The van der Waals surface area contributed by atoms with E-state index in [1.165, 1.54) is 42.6 Å². The van der Waals surface area contributed by atoms with Gasteiger partial charge in [-0.05, 0) is 69.3 Å². The quantitative estimate of drug-likeness (QED) is 0.888. The van der Waals surface area contributed by atoms with E-state index in [0.29, 0.717) is 6.04 Å². The van der Waals surface area contributed by atoms with Crippen molar-refractivity contribution in [2.24, 2.45) is 11.7 Å². The number of hydrogen-bond donors (Lipinski definition) is 1. The van der Waals surface area contributed by atoms with Gasteiger partial charge in [0.2, 0.25) is 0 Å². The molecule has 0 amide bonds. The summed E-state index contributed by atoms with van der Waals surface area (Å²) in [5.41, 5.74) is 10.3. The summed E-state index contributed by atoms with van der Waals surface area (Å²) < 4.78 is 0.